The number of rotatable bonds is 7. The molecule has 1 heterocycles. The molecule has 1 saturated heterocycles. The van der Waals surface area contributed by atoms with E-state index in [0.717, 1.165) is 6.42 Å². The summed E-state index contributed by atoms with van der Waals surface area (Å²) < 4.78 is 39.0. The number of halogens is 3. The van der Waals surface area contributed by atoms with Gasteiger partial charge < -0.3 is 10.2 Å². The summed E-state index contributed by atoms with van der Waals surface area (Å²) in [5.74, 6) is -4.25. The maximum atomic E-state index is 13.6. The molecule has 0 aromatic carbocycles. The van der Waals surface area contributed by atoms with E-state index in [1.165, 1.54) is 4.90 Å². The molecule has 10 heteroatoms. The van der Waals surface area contributed by atoms with Crippen LogP contribution >= 0.6 is 0 Å². The van der Waals surface area contributed by atoms with E-state index in [9.17, 15) is 37.6 Å². The van der Waals surface area contributed by atoms with E-state index in [1.807, 2.05) is 19.9 Å². The molecule has 1 aliphatic heterocycles. The van der Waals surface area contributed by atoms with Crippen molar-refractivity contribution in [1.29, 1.82) is 5.26 Å². The molecule has 0 spiro atoms. The van der Waals surface area contributed by atoms with Crippen molar-refractivity contribution in [2.24, 2.45) is 34.5 Å². The predicted octanol–water partition coefficient (Wildman–Crippen LogP) is 3.81. The number of fused-ring (bicyclic) bond motifs is 1. The highest BCUT2D eigenvalue weighted by atomic mass is 19.4. The number of nitrogens with one attached hydrogen (secondary N) is 1. The van der Waals surface area contributed by atoms with Crippen LogP contribution in [0.2, 0.25) is 0 Å². The third-order valence-corrected chi connectivity index (χ3v) is 7.94. The fourth-order valence-electron chi connectivity index (χ4n) is 5.75. The highest BCUT2D eigenvalue weighted by molar-refractivity contribution is 5.93. The zero-order valence-electron chi connectivity index (χ0n) is 21.6. The van der Waals surface area contributed by atoms with Crippen LogP contribution in [0.3, 0.4) is 0 Å². The number of Topliss-reactive ketones (excluding diaryl/α,β-unsaturated/α-hetero) is 2. The lowest BCUT2D eigenvalue weighted by Gasteiger charge is -2.40. The molecule has 36 heavy (non-hydrogen) atoms. The second-order valence-electron chi connectivity index (χ2n) is 12.7. The Morgan fingerprint density at radius 2 is 1.81 bits per heavy atom. The molecule has 3 rings (SSSR count). The van der Waals surface area contributed by atoms with Gasteiger partial charge in [-0.3, -0.25) is 19.2 Å². The Labute approximate surface area is 210 Å². The van der Waals surface area contributed by atoms with Crippen LogP contribution in [0.4, 0.5) is 13.2 Å². The average Bonchev–Trinajstić information content (AvgIpc) is 3.45. The van der Waals surface area contributed by atoms with Crippen LogP contribution in [0.15, 0.2) is 0 Å². The van der Waals surface area contributed by atoms with Crippen molar-refractivity contribution >= 4 is 23.4 Å². The Hall–Kier alpha value is -2.44. The molecule has 0 bridgehead atoms. The van der Waals surface area contributed by atoms with Gasteiger partial charge in [0.05, 0.1) is 12.0 Å². The summed E-state index contributed by atoms with van der Waals surface area (Å²) in [6, 6.07) is 0.196. The summed E-state index contributed by atoms with van der Waals surface area (Å²) in [5.41, 5.74) is -1.10. The normalized spacial score (nSPS) is 29.1. The zero-order chi connectivity index (χ0) is 27.2. The number of carbonyl (C=O) groups is 4. The van der Waals surface area contributed by atoms with Gasteiger partial charge in [0.15, 0.2) is 0 Å². The van der Waals surface area contributed by atoms with Crippen LogP contribution in [0, 0.1) is 45.8 Å². The van der Waals surface area contributed by atoms with E-state index in [4.69, 9.17) is 0 Å². The van der Waals surface area contributed by atoms with Crippen molar-refractivity contribution in [3.63, 3.8) is 0 Å². The van der Waals surface area contributed by atoms with Crippen LogP contribution < -0.4 is 5.32 Å². The van der Waals surface area contributed by atoms with Crippen LogP contribution in [0.1, 0.15) is 73.1 Å². The fraction of sp³-hybridized carbons (Fsp3) is 0.808. The lowest BCUT2D eigenvalue weighted by Crippen LogP contribution is -2.57. The minimum Gasteiger partial charge on any atom is -0.339 e. The predicted molar refractivity (Wildman–Crippen MR) is 124 cm³/mol. The van der Waals surface area contributed by atoms with Crippen LogP contribution in [0.25, 0.3) is 0 Å². The first-order chi connectivity index (χ1) is 16.4. The van der Waals surface area contributed by atoms with Gasteiger partial charge in [0.1, 0.15) is 17.9 Å². The molecule has 3 fully saturated rings. The Morgan fingerprint density at radius 3 is 2.31 bits per heavy atom. The molecule has 2 saturated carbocycles. The first kappa shape index (κ1) is 28.1. The van der Waals surface area contributed by atoms with E-state index in [0.29, 0.717) is 19.3 Å². The minimum atomic E-state index is -5.05. The highest BCUT2D eigenvalue weighted by Gasteiger charge is 2.52. The number of hydrogen-bond acceptors (Lipinski definition) is 5. The maximum Gasteiger partial charge on any atom is 0.449 e. The number of nitriles is 1. The lowest BCUT2D eigenvalue weighted by atomic mass is 9.76. The molecule has 3 aliphatic rings. The maximum absolute atomic E-state index is 13.6. The van der Waals surface area contributed by atoms with E-state index >= 15 is 0 Å². The number of nitrogens with zero attached hydrogens (tertiary/aromatic N) is 2. The molecule has 6 atom stereocenters. The van der Waals surface area contributed by atoms with Gasteiger partial charge in [0, 0.05) is 25.3 Å². The van der Waals surface area contributed by atoms with E-state index < -0.39 is 53.6 Å². The number of ketones is 2. The SMILES string of the molecule is CC1(C)CC(=O)[C@H](C[C@@H](C#N)NC(=O)[C@@H]2C[C@H]3C[C@H]3CN2C(=O)[C@@H](CC(=O)C(F)(F)F)C(C)(C)C)C1. The molecule has 2 aliphatic carbocycles. The van der Waals surface area contributed by atoms with Gasteiger partial charge >= 0.3 is 6.18 Å². The van der Waals surface area contributed by atoms with Crippen molar-refractivity contribution in [3.05, 3.63) is 0 Å². The van der Waals surface area contributed by atoms with Gasteiger partial charge in [0.25, 0.3) is 0 Å². The Kier molecular flexibility index (Phi) is 7.65. The number of amides is 2. The minimum absolute atomic E-state index is 0.0622. The molecule has 2 amide bonds. The summed E-state index contributed by atoms with van der Waals surface area (Å²) in [6.07, 6.45) is -3.62. The molecule has 0 aromatic rings. The number of carbonyl (C=O) groups excluding carboxylic acids is 4. The molecule has 0 aromatic heterocycles. The summed E-state index contributed by atoms with van der Waals surface area (Å²) in [6.45, 7) is 9.01. The lowest BCUT2D eigenvalue weighted by molar-refractivity contribution is -0.174. The smallest absolute Gasteiger partial charge is 0.339 e. The average molecular weight is 512 g/mol. The van der Waals surface area contributed by atoms with Gasteiger partial charge in [-0.25, -0.2) is 0 Å². The second-order valence-corrected chi connectivity index (χ2v) is 12.7. The number of hydrogen-bond donors (Lipinski definition) is 1. The van der Waals surface area contributed by atoms with Gasteiger partial charge in [-0.05, 0) is 48.3 Å². The third kappa shape index (κ3) is 6.46. The van der Waals surface area contributed by atoms with Gasteiger partial charge in [-0.1, -0.05) is 34.6 Å². The standard InChI is InChI=1S/C26H36F3N3O4/c1-24(2,3)18(9-21(34)26(27,28)29)23(36)32-13-16-6-14(16)8-19(32)22(35)31-17(12-30)7-15-10-25(4,5)11-20(15)33/h14-19H,6-11,13H2,1-5H3,(H,31,35)/t14-,15-,16+,17+,18-,19+/m1/s1. The molecular formula is C26H36F3N3O4. The van der Waals surface area contributed by atoms with Gasteiger partial charge in [0.2, 0.25) is 17.6 Å². The molecule has 1 N–H and O–H groups in total. The first-order valence-corrected chi connectivity index (χ1v) is 12.6. The fourth-order valence-corrected chi connectivity index (χ4v) is 5.75. The first-order valence-electron chi connectivity index (χ1n) is 12.6. The zero-order valence-corrected chi connectivity index (χ0v) is 21.6. The third-order valence-electron chi connectivity index (χ3n) is 7.94. The molecule has 7 nitrogen and oxygen atoms in total. The van der Waals surface area contributed by atoms with Gasteiger partial charge in [-0.2, -0.15) is 18.4 Å². The van der Waals surface area contributed by atoms with E-state index in [-0.39, 0.29) is 41.9 Å². The van der Waals surface area contributed by atoms with Crippen LogP contribution in [-0.2, 0) is 19.2 Å². The van der Waals surface area contributed by atoms with Crippen LogP contribution in [0.5, 0.6) is 0 Å². The van der Waals surface area contributed by atoms with E-state index in [1.54, 1.807) is 20.8 Å². The van der Waals surface area contributed by atoms with Gasteiger partial charge in [-0.15, -0.1) is 0 Å². The molecular weight excluding hydrogens is 475 g/mol. The number of piperidine rings is 1. The Bertz CT molecular complexity index is 963. The second kappa shape index (κ2) is 9.79. The van der Waals surface area contributed by atoms with Crippen LogP contribution in [-0.4, -0.2) is 53.1 Å². The van der Waals surface area contributed by atoms with Crippen molar-refractivity contribution in [3.8, 4) is 6.07 Å². The van der Waals surface area contributed by atoms with Crippen molar-refractivity contribution in [1.82, 2.24) is 10.2 Å². The summed E-state index contributed by atoms with van der Waals surface area (Å²) in [4.78, 5) is 52.3. The van der Waals surface area contributed by atoms with E-state index in [2.05, 4.69) is 5.32 Å². The topological polar surface area (TPSA) is 107 Å². The molecule has 0 radical (unpaired) electrons. The quantitative estimate of drug-likeness (QED) is 0.559. The summed E-state index contributed by atoms with van der Waals surface area (Å²) in [5, 5.41) is 12.3. The number of likely N-dealkylation sites (tertiary alicyclic amines) is 1. The van der Waals surface area contributed by atoms with Crippen molar-refractivity contribution < 1.29 is 32.3 Å². The largest absolute Gasteiger partial charge is 0.449 e. The summed E-state index contributed by atoms with van der Waals surface area (Å²) in [7, 11) is 0. The van der Waals surface area contributed by atoms with Crippen molar-refractivity contribution in [2.75, 3.05) is 6.54 Å². The monoisotopic (exact) mass is 511 g/mol. The number of alkyl halides is 3. The Morgan fingerprint density at radius 1 is 1.17 bits per heavy atom. The summed E-state index contributed by atoms with van der Waals surface area (Å²) >= 11 is 0. The molecule has 200 valence electrons. The Balaban J connectivity index is 1.75. The highest BCUT2D eigenvalue weighted by Crippen LogP contribution is 2.48. The molecule has 0 unspecified atom stereocenters. The van der Waals surface area contributed by atoms with Crippen molar-refractivity contribution in [2.45, 2.75) is 91.4 Å².